The van der Waals surface area contributed by atoms with Crippen LogP contribution in [0.25, 0.3) is 0 Å². The van der Waals surface area contributed by atoms with E-state index in [0.29, 0.717) is 6.08 Å². The van der Waals surface area contributed by atoms with Crippen LogP contribution in [-0.2, 0) is 9.16 Å². The average Bonchev–Trinajstić information content (AvgIpc) is 2.12. The summed E-state index contributed by atoms with van der Waals surface area (Å²) in [6, 6.07) is 1.19. The normalized spacial score (nSPS) is 16.6. The van der Waals surface area contributed by atoms with E-state index in [1.165, 1.54) is 6.07 Å². The first-order valence-electron chi connectivity index (χ1n) is 5.05. The minimum absolute atomic E-state index is 0.225. The van der Waals surface area contributed by atoms with E-state index in [9.17, 15) is 13.2 Å². The number of nitrogens with zero attached hydrogens (tertiary/aromatic N) is 1. The molecule has 1 atom stereocenters. The van der Waals surface area contributed by atoms with Crippen molar-refractivity contribution in [3.05, 3.63) is 12.3 Å². The van der Waals surface area contributed by atoms with Gasteiger partial charge in [0.1, 0.15) is 6.07 Å². The molecule has 0 saturated carbocycles. The maximum absolute atomic E-state index is 12.9. The van der Waals surface area contributed by atoms with Gasteiger partial charge in [0.2, 0.25) is 0 Å². The van der Waals surface area contributed by atoms with Crippen LogP contribution in [0.4, 0.5) is 13.2 Å². The number of halogens is 3. The fourth-order valence-corrected chi connectivity index (χ4v) is 2.23. The molecule has 0 aliphatic rings. The zero-order valence-electron chi connectivity index (χ0n) is 10.3. The van der Waals surface area contributed by atoms with Crippen LogP contribution in [0, 0.1) is 11.3 Å². The van der Waals surface area contributed by atoms with E-state index in [1.807, 2.05) is 0 Å². The molecule has 0 aliphatic heterocycles. The van der Waals surface area contributed by atoms with Crippen molar-refractivity contribution in [3.8, 4) is 6.07 Å². The average molecular weight is 267 g/mol. The lowest BCUT2D eigenvalue weighted by atomic mass is 10.1. The molecule has 98 valence electrons. The lowest BCUT2D eigenvalue weighted by Gasteiger charge is -2.32. The van der Waals surface area contributed by atoms with Crippen molar-refractivity contribution in [2.24, 2.45) is 0 Å². The summed E-state index contributed by atoms with van der Waals surface area (Å²) >= 11 is 0. The summed E-state index contributed by atoms with van der Waals surface area (Å²) in [6.07, 6.45) is -3.32. The van der Waals surface area contributed by atoms with Crippen LogP contribution in [0.1, 0.15) is 6.92 Å². The van der Waals surface area contributed by atoms with Gasteiger partial charge in [0.15, 0.2) is 8.32 Å². The summed E-state index contributed by atoms with van der Waals surface area (Å²) in [4.78, 5) is 0. The van der Waals surface area contributed by atoms with E-state index >= 15 is 0 Å². The molecule has 0 amide bonds. The van der Waals surface area contributed by atoms with Crippen molar-refractivity contribution in [1.29, 1.82) is 5.26 Å². The number of hydrogen-bond acceptors (Lipinski definition) is 3. The lowest BCUT2D eigenvalue weighted by Crippen LogP contribution is -2.50. The molecule has 0 bridgehead atoms. The summed E-state index contributed by atoms with van der Waals surface area (Å²) in [5.74, 6) is 0. The highest BCUT2D eigenvalue weighted by Crippen LogP contribution is 2.36. The van der Waals surface area contributed by atoms with Crippen LogP contribution >= 0.6 is 0 Å². The number of rotatable bonds is 5. The van der Waals surface area contributed by atoms with Crippen LogP contribution in [-0.4, -0.2) is 26.7 Å². The molecule has 0 rings (SSSR count). The minimum Gasteiger partial charge on any atom is -0.502 e. The van der Waals surface area contributed by atoms with Gasteiger partial charge in [-0.25, -0.2) is 0 Å². The molecule has 0 radical (unpaired) electrons. The number of hydrogen-bond donors (Lipinski definition) is 0. The predicted molar refractivity (Wildman–Crippen MR) is 59.6 cm³/mol. The van der Waals surface area contributed by atoms with E-state index in [1.54, 1.807) is 26.6 Å². The van der Waals surface area contributed by atoms with Gasteiger partial charge in [0, 0.05) is 6.08 Å². The first-order valence-corrected chi connectivity index (χ1v) is 8.46. The molecule has 0 aliphatic carbocycles. The molecule has 0 aromatic carbocycles. The molecule has 0 heterocycles. The maximum Gasteiger partial charge on any atom is 0.434 e. The number of alkyl halides is 3. The number of ether oxygens (including phenoxy) is 1. The van der Waals surface area contributed by atoms with Gasteiger partial charge < -0.3 is 9.16 Å². The minimum atomic E-state index is -4.80. The smallest absolute Gasteiger partial charge is 0.434 e. The molecule has 7 heteroatoms. The van der Waals surface area contributed by atoms with Crippen molar-refractivity contribution < 1.29 is 22.3 Å². The zero-order valence-corrected chi connectivity index (χ0v) is 11.3. The van der Waals surface area contributed by atoms with Gasteiger partial charge in [-0.3, -0.25) is 0 Å². The van der Waals surface area contributed by atoms with Crippen molar-refractivity contribution >= 4 is 8.32 Å². The molecule has 0 aromatic rings. The molecule has 0 saturated heterocycles. The van der Waals surface area contributed by atoms with Gasteiger partial charge >= 0.3 is 6.18 Å². The summed E-state index contributed by atoms with van der Waals surface area (Å²) in [6.45, 7) is 6.60. The highest BCUT2D eigenvalue weighted by atomic mass is 28.4. The molecule has 0 fully saturated rings. The first kappa shape index (κ1) is 16.0. The van der Waals surface area contributed by atoms with E-state index in [4.69, 9.17) is 14.4 Å². The van der Waals surface area contributed by atoms with Crippen molar-refractivity contribution in [2.75, 3.05) is 6.61 Å². The Labute approximate surface area is 100.0 Å². The molecule has 17 heavy (non-hydrogen) atoms. The van der Waals surface area contributed by atoms with Crippen LogP contribution in [0.5, 0.6) is 0 Å². The second kappa shape index (κ2) is 5.56. The van der Waals surface area contributed by atoms with Gasteiger partial charge in [-0.05, 0) is 26.6 Å². The highest BCUT2D eigenvalue weighted by Gasteiger charge is 2.57. The van der Waals surface area contributed by atoms with Gasteiger partial charge in [-0.2, -0.15) is 18.4 Å². The summed E-state index contributed by atoms with van der Waals surface area (Å²) < 4.78 is 48.4. The van der Waals surface area contributed by atoms with E-state index < -0.39 is 20.1 Å². The SMILES string of the molecule is CCO/C=C/[C@](C#N)(O[Si](C)(C)C)C(F)(F)F. The second-order valence-corrected chi connectivity index (χ2v) is 8.75. The van der Waals surface area contributed by atoms with E-state index in [0.717, 1.165) is 6.26 Å². The quantitative estimate of drug-likeness (QED) is 0.567. The van der Waals surface area contributed by atoms with Crippen molar-refractivity contribution in [2.45, 2.75) is 38.3 Å². The third-order valence-electron chi connectivity index (χ3n) is 1.62. The monoisotopic (exact) mass is 267 g/mol. The van der Waals surface area contributed by atoms with Gasteiger partial charge in [-0.15, -0.1) is 0 Å². The number of nitriles is 1. The largest absolute Gasteiger partial charge is 0.502 e. The molecule has 0 N–H and O–H groups in total. The first-order chi connectivity index (χ1) is 7.58. The highest BCUT2D eigenvalue weighted by molar-refractivity contribution is 6.69. The Morgan fingerprint density at radius 2 is 1.82 bits per heavy atom. The van der Waals surface area contributed by atoms with Crippen LogP contribution in [0.15, 0.2) is 12.3 Å². The van der Waals surface area contributed by atoms with Gasteiger partial charge in [0.25, 0.3) is 5.60 Å². The molecular weight excluding hydrogens is 251 g/mol. The molecular formula is C10H16F3NO2Si. The van der Waals surface area contributed by atoms with Gasteiger partial charge in [0.05, 0.1) is 12.9 Å². The topological polar surface area (TPSA) is 42.2 Å². The Morgan fingerprint density at radius 3 is 2.12 bits per heavy atom. The zero-order chi connectivity index (χ0) is 13.7. The Kier molecular flexibility index (Phi) is 5.23. The fraction of sp³-hybridized carbons (Fsp3) is 0.700. The lowest BCUT2D eigenvalue weighted by molar-refractivity contribution is -0.211. The van der Waals surface area contributed by atoms with Crippen molar-refractivity contribution in [1.82, 2.24) is 0 Å². The summed E-state index contributed by atoms with van der Waals surface area (Å²) in [7, 11) is -2.53. The Balaban J connectivity index is 5.27. The Hall–Kier alpha value is -1.00. The Morgan fingerprint density at radius 1 is 1.29 bits per heavy atom. The summed E-state index contributed by atoms with van der Waals surface area (Å²) in [5.41, 5.74) is -2.92. The molecule has 0 aromatic heterocycles. The van der Waals surface area contributed by atoms with E-state index in [2.05, 4.69) is 0 Å². The molecule has 3 nitrogen and oxygen atoms in total. The van der Waals surface area contributed by atoms with Crippen LogP contribution < -0.4 is 0 Å². The van der Waals surface area contributed by atoms with Gasteiger partial charge in [-0.1, -0.05) is 0 Å². The molecule has 0 unspecified atom stereocenters. The third kappa shape index (κ3) is 4.79. The molecule has 0 spiro atoms. The van der Waals surface area contributed by atoms with Crippen LogP contribution in [0.2, 0.25) is 19.6 Å². The predicted octanol–water partition coefficient (Wildman–Crippen LogP) is 3.21. The fourth-order valence-electron chi connectivity index (χ4n) is 1.03. The summed E-state index contributed by atoms with van der Waals surface area (Å²) in [5, 5.41) is 8.80. The van der Waals surface area contributed by atoms with Crippen molar-refractivity contribution in [3.63, 3.8) is 0 Å². The third-order valence-corrected chi connectivity index (χ3v) is 2.55. The van der Waals surface area contributed by atoms with Crippen LogP contribution in [0.3, 0.4) is 0 Å². The van der Waals surface area contributed by atoms with E-state index in [-0.39, 0.29) is 6.61 Å². The Bertz CT molecular complexity index is 317. The second-order valence-electron chi connectivity index (χ2n) is 4.32. The standard InChI is InChI=1S/C10H16F3NO2Si/c1-5-15-7-6-9(8-14,10(11,12)13)16-17(2,3)4/h6-7H,5H2,1-4H3/b7-6+/t9-/m1/s1. The maximum atomic E-state index is 12.9.